The van der Waals surface area contributed by atoms with E-state index >= 15 is 0 Å². The van der Waals surface area contributed by atoms with Gasteiger partial charge in [-0.05, 0) is 26.3 Å². The molecule has 1 fully saturated rings. The number of nitrogens with zero attached hydrogens (tertiary/aromatic N) is 1. The standard InChI is InChI=1S/C12H24N2O2/c1-4-11-8-16-10(3)7-14(11)12(15)9(2)5-6-13/h9-11H,4-8,13H2,1-3H3. The number of morpholine rings is 1. The normalized spacial score (nSPS) is 27.9. The molecule has 1 aliphatic heterocycles. The smallest absolute Gasteiger partial charge is 0.225 e. The molecule has 0 spiro atoms. The SMILES string of the molecule is CCC1COC(C)CN1C(=O)C(C)CCN. The van der Waals surface area contributed by atoms with Crippen molar-refractivity contribution in [3.8, 4) is 0 Å². The molecule has 1 heterocycles. The van der Waals surface area contributed by atoms with E-state index in [0.717, 1.165) is 12.8 Å². The fourth-order valence-corrected chi connectivity index (χ4v) is 2.11. The molecular weight excluding hydrogens is 204 g/mol. The number of hydrogen-bond acceptors (Lipinski definition) is 3. The van der Waals surface area contributed by atoms with Crippen LogP contribution >= 0.6 is 0 Å². The Kier molecular flexibility index (Phi) is 5.22. The van der Waals surface area contributed by atoms with Crippen LogP contribution in [0.15, 0.2) is 0 Å². The van der Waals surface area contributed by atoms with Crippen molar-refractivity contribution in [1.29, 1.82) is 0 Å². The zero-order valence-corrected chi connectivity index (χ0v) is 10.6. The van der Waals surface area contributed by atoms with Crippen LogP contribution in [0.3, 0.4) is 0 Å². The van der Waals surface area contributed by atoms with Gasteiger partial charge in [0.25, 0.3) is 0 Å². The summed E-state index contributed by atoms with van der Waals surface area (Å²) in [5.41, 5.74) is 5.50. The molecule has 3 atom stereocenters. The van der Waals surface area contributed by atoms with Crippen LogP contribution < -0.4 is 5.73 Å². The van der Waals surface area contributed by atoms with Gasteiger partial charge in [-0.1, -0.05) is 13.8 Å². The van der Waals surface area contributed by atoms with Crippen LogP contribution in [-0.4, -0.2) is 42.6 Å². The Morgan fingerprint density at radius 3 is 2.88 bits per heavy atom. The summed E-state index contributed by atoms with van der Waals surface area (Å²) in [6, 6.07) is 0.240. The van der Waals surface area contributed by atoms with Crippen LogP contribution in [-0.2, 0) is 9.53 Å². The van der Waals surface area contributed by atoms with Gasteiger partial charge in [0.1, 0.15) is 0 Å². The molecule has 0 aromatic carbocycles. The van der Waals surface area contributed by atoms with Crippen LogP contribution in [0.1, 0.15) is 33.6 Å². The Morgan fingerprint density at radius 2 is 2.31 bits per heavy atom. The van der Waals surface area contributed by atoms with E-state index in [9.17, 15) is 4.79 Å². The lowest BCUT2D eigenvalue weighted by Gasteiger charge is -2.39. The van der Waals surface area contributed by atoms with Gasteiger partial charge in [0.05, 0.1) is 18.8 Å². The molecule has 1 aliphatic rings. The van der Waals surface area contributed by atoms with Gasteiger partial charge in [-0.25, -0.2) is 0 Å². The molecule has 4 heteroatoms. The Balaban J connectivity index is 2.62. The summed E-state index contributed by atoms with van der Waals surface area (Å²) in [6.45, 7) is 8.02. The third-order valence-electron chi connectivity index (χ3n) is 3.24. The summed E-state index contributed by atoms with van der Waals surface area (Å²) in [5.74, 6) is 0.261. The van der Waals surface area contributed by atoms with Gasteiger partial charge in [-0.3, -0.25) is 4.79 Å². The van der Waals surface area contributed by atoms with E-state index in [1.807, 2.05) is 18.7 Å². The zero-order chi connectivity index (χ0) is 12.1. The number of carbonyl (C=O) groups is 1. The van der Waals surface area contributed by atoms with Crippen molar-refractivity contribution in [2.24, 2.45) is 11.7 Å². The second-order valence-electron chi connectivity index (χ2n) is 4.68. The van der Waals surface area contributed by atoms with E-state index in [-0.39, 0.29) is 24.0 Å². The predicted octanol–water partition coefficient (Wildman–Crippen LogP) is 0.997. The van der Waals surface area contributed by atoms with E-state index in [1.54, 1.807) is 0 Å². The lowest BCUT2D eigenvalue weighted by molar-refractivity contribution is -0.148. The molecule has 1 rings (SSSR count). The predicted molar refractivity (Wildman–Crippen MR) is 64.0 cm³/mol. The molecule has 16 heavy (non-hydrogen) atoms. The quantitative estimate of drug-likeness (QED) is 0.781. The van der Waals surface area contributed by atoms with Crippen molar-refractivity contribution in [1.82, 2.24) is 4.90 Å². The molecule has 2 N–H and O–H groups in total. The average Bonchev–Trinajstić information content (AvgIpc) is 2.28. The number of nitrogens with two attached hydrogens (primary N) is 1. The second-order valence-corrected chi connectivity index (χ2v) is 4.68. The summed E-state index contributed by atoms with van der Waals surface area (Å²) < 4.78 is 5.58. The third-order valence-corrected chi connectivity index (χ3v) is 3.24. The molecule has 0 aliphatic carbocycles. The monoisotopic (exact) mass is 228 g/mol. The summed E-state index contributed by atoms with van der Waals surface area (Å²) in [5, 5.41) is 0. The van der Waals surface area contributed by atoms with Crippen molar-refractivity contribution in [2.75, 3.05) is 19.7 Å². The van der Waals surface area contributed by atoms with E-state index in [4.69, 9.17) is 10.5 Å². The molecular formula is C12H24N2O2. The Bertz CT molecular complexity index is 233. The largest absolute Gasteiger partial charge is 0.375 e. The van der Waals surface area contributed by atoms with Gasteiger partial charge in [-0.15, -0.1) is 0 Å². The van der Waals surface area contributed by atoms with Crippen LogP contribution in [0.2, 0.25) is 0 Å². The van der Waals surface area contributed by atoms with Crippen LogP contribution in [0, 0.1) is 5.92 Å². The average molecular weight is 228 g/mol. The maximum absolute atomic E-state index is 12.2. The van der Waals surface area contributed by atoms with Gasteiger partial charge >= 0.3 is 0 Å². The molecule has 94 valence electrons. The Labute approximate surface area is 98.1 Å². The molecule has 0 radical (unpaired) electrons. The van der Waals surface area contributed by atoms with Gasteiger partial charge in [0.2, 0.25) is 5.91 Å². The molecule has 4 nitrogen and oxygen atoms in total. The first-order valence-corrected chi connectivity index (χ1v) is 6.22. The lowest BCUT2D eigenvalue weighted by atomic mass is 10.0. The molecule has 0 saturated carbocycles. The minimum absolute atomic E-state index is 0.0318. The van der Waals surface area contributed by atoms with E-state index in [1.165, 1.54) is 0 Å². The van der Waals surface area contributed by atoms with Crippen LogP contribution in [0.5, 0.6) is 0 Å². The highest BCUT2D eigenvalue weighted by atomic mass is 16.5. The highest BCUT2D eigenvalue weighted by Crippen LogP contribution is 2.18. The van der Waals surface area contributed by atoms with E-state index < -0.39 is 0 Å². The number of amides is 1. The van der Waals surface area contributed by atoms with Crippen molar-refractivity contribution < 1.29 is 9.53 Å². The van der Waals surface area contributed by atoms with E-state index in [0.29, 0.717) is 19.7 Å². The highest BCUT2D eigenvalue weighted by molar-refractivity contribution is 5.79. The first kappa shape index (κ1) is 13.5. The number of rotatable bonds is 4. The molecule has 1 amide bonds. The molecule has 3 unspecified atom stereocenters. The fraction of sp³-hybridized carbons (Fsp3) is 0.917. The van der Waals surface area contributed by atoms with Gasteiger partial charge in [-0.2, -0.15) is 0 Å². The number of ether oxygens (including phenoxy) is 1. The number of hydrogen-bond donors (Lipinski definition) is 1. The Hall–Kier alpha value is -0.610. The topological polar surface area (TPSA) is 55.6 Å². The molecule has 0 aromatic rings. The first-order chi connectivity index (χ1) is 7.60. The van der Waals surface area contributed by atoms with Gasteiger partial charge in [0.15, 0.2) is 0 Å². The maximum atomic E-state index is 12.2. The van der Waals surface area contributed by atoms with Crippen molar-refractivity contribution in [3.05, 3.63) is 0 Å². The van der Waals surface area contributed by atoms with Crippen molar-refractivity contribution in [2.45, 2.75) is 45.8 Å². The minimum Gasteiger partial charge on any atom is -0.375 e. The fourth-order valence-electron chi connectivity index (χ4n) is 2.11. The maximum Gasteiger partial charge on any atom is 0.225 e. The van der Waals surface area contributed by atoms with E-state index in [2.05, 4.69) is 6.92 Å². The highest BCUT2D eigenvalue weighted by Gasteiger charge is 2.31. The van der Waals surface area contributed by atoms with Crippen molar-refractivity contribution >= 4 is 5.91 Å². The van der Waals surface area contributed by atoms with Gasteiger partial charge < -0.3 is 15.4 Å². The van der Waals surface area contributed by atoms with Crippen molar-refractivity contribution in [3.63, 3.8) is 0 Å². The molecule has 1 saturated heterocycles. The summed E-state index contributed by atoms with van der Waals surface area (Å²) in [4.78, 5) is 14.2. The minimum atomic E-state index is 0.0318. The van der Waals surface area contributed by atoms with Crippen LogP contribution in [0.25, 0.3) is 0 Å². The lowest BCUT2D eigenvalue weighted by Crippen LogP contribution is -2.52. The number of carbonyl (C=O) groups excluding carboxylic acids is 1. The van der Waals surface area contributed by atoms with Gasteiger partial charge in [0, 0.05) is 12.5 Å². The zero-order valence-electron chi connectivity index (χ0n) is 10.6. The first-order valence-electron chi connectivity index (χ1n) is 6.22. The Morgan fingerprint density at radius 1 is 1.62 bits per heavy atom. The summed E-state index contributed by atoms with van der Waals surface area (Å²) >= 11 is 0. The second kappa shape index (κ2) is 6.21. The molecule has 0 aromatic heterocycles. The summed E-state index contributed by atoms with van der Waals surface area (Å²) in [7, 11) is 0. The third kappa shape index (κ3) is 3.19. The molecule has 0 bridgehead atoms. The van der Waals surface area contributed by atoms with Crippen LogP contribution in [0.4, 0.5) is 0 Å². The summed E-state index contributed by atoms with van der Waals surface area (Å²) in [6.07, 6.45) is 1.87.